The van der Waals surface area contributed by atoms with Gasteiger partial charge >= 0.3 is 0 Å². The van der Waals surface area contributed by atoms with Crippen LogP contribution in [0.4, 0.5) is 0 Å². The minimum absolute atomic E-state index is 0.692. The molecule has 0 fully saturated rings. The zero-order valence-electron chi connectivity index (χ0n) is 21.4. The van der Waals surface area contributed by atoms with Crippen molar-refractivity contribution in [1.29, 1.82) is 0 Å². The number of nitrogens with two attached hydrogens (primary N) is 1. The summed E-state index contributed by atoms with van der Waals surface area (Å²) in [4.78, 5) is 19.3. The molecule has 0 heterocycles. The highest BCUT2D eigenvalue weighted by Crippen LogP contribution is 1.91. The number of carbonyl (C=O) groups is 2. The van der Waals surface area contributed by atoms with Crippen molar-refractivity contribution in [3.8, 4) is 0 Å². The van der Waals surface area contributed by atoms with E-state index in [1.165, 1.54) is 6.42 Å². The molecule has 0 atom stereocenters. The average Bonchev–Trinajstić information content (AvgIpc) is 2.76. The fraction of sp³-hybridized carbons (Fsp3) is 0.750. The number of unbranched alkanes of at least 4 members (excludes halogenated alkanes) is 4. The zero-order valence-corrected chi connectivity index (χ0v) is 21.4. The normalized spacial score (nSPS) is 7.90. The summed E-state index contributed by atoms with van der Waals surface area (Å²) >= 11 is 0. The first-order valence-electron chi connectivity index (χ1n) is 11.2. The van der Waals surface area contributed by atoms with E-state index in [0.29, 0.717) is 19.4 Å². The summed E-state index contributed by atoms with van der Waals surface area (Å²) in [7, 11) is 3.76. The van der Waals surface area contributed by atoms with Gasteiger partial charge in [-0.05, 0) is 65.2 Å². The van der Waals surface area contributed by atoms with Crippen LogP contribution in [-0.2, 0) is 9.59 Å². The monoisotopic (exact) mass is 432 g/mol. The van der Waals surface area contributed by atoms with Gasteiger partial charge in [-0.2, -0.15) is 0 Å². The number of nitrogens with one attached hydrogen (secondary N) is 3. The largest absolute Gasteiger partial charge is 0.357 e. The van der Waals surface area contributed by atoms with Crippen LogP contribution in [0.15, 0.2) is 25.8 Å². The van der Waals surface area contributed by atoms with E-state index in [4.69, 9.17) is 5.73 Å². The number of allylic oxidation sites excluding steroid dienone is 1. The summed E-state index contributed by atoms with van der Waals surface area (Å²) in [6.45, 7) is 23.5. The number of hydrogen-bond acceptors (Lipinski definition) is 5. The summed E-state index contributed by atoms with van der Waals surface area (Å²) < 4.78 is 0. The lowest BCUT2D eigenvalue weighted by molar-refractivity contribution is -0.109. The second kappa shape index (κ2) is 63.1. The summed E-state index contributed by atoms with van der Waals surface area (Å²) in [6, 6.07) is 0. The predicted octanol–water partition coefficient (Wildman–Crippen LogP) is 4.32. The molecule has 5 N–H and O–H groups in total. The van der Waals surface area contributed by atoms with Gasteiger partial charge in [-0.1, -0.05) is 40.7 Å². The molecule has 0 spiro atoms. The Morgan fingerprint density at radius 1 is 0.833 bits per heavy atom. The minimum Gasteiger partial charge on any atom is -0.357 e. The molecule has 0 saturated heterocycles. The van der Waals surface area contributed by atoms with E-state index < -0.39 is 0 Å². The quantitative estimate of drug-likeness (QED) is 0.197. The van der Waals surface area contributed by atoms with Crippen LogP contribution in [0.5, 0.6) is 0 Å². The molecule has 0 saturated carbocycles. The van der Waals surface area contributed by atoms with E-state index in [9.17, 15) is 9.59 Å². The molecule has 0 aliphatic rings. The summed E-state index contributed by atoms with van der Waals surface area (Å²) in [5.41, 5.74) is 5.23. The maximum absolute atomic E-state index is 9.75. The first kappa shape index (κ1) is 42.6. The van der Waals surface area contributed by atoms with Gasteiger partial charge < -0.3 is 26.5 Å². The maximum Gasteiger partial charge on any atom is 0.207 e. The Balaban J connectivity index is -0.0000000616. The van der Waals surface area contributed by atoms with E-state index in [0.717, 1.165) is 57.5 Å². The van der Waals surface area contributed by atoms with Crippen molar-refractivity contribution in [3.63, 3.8) is 0 Å². The number of likely N-dealkylation sites (N-methyl/N-ethyl adjacent to an activating group) is 1. The number of amides is 1. The number of carbonyl (C=O) groups excluding carboxylic acids is 2. The van der Waals surface area contributed by atoms with Gasteiger partial charge in [0.1, 0.15) is 6.29 Å². The van der Waals surface area contributed by atoms with Gasteiger partial charge in [0, 0.05) is 19.5 Å². The Labute approximate surface area is 189 Å². The molecule has 0 aromatic rings. The molecule has 0 aromatic heterocycles. The van der Waals surface area contributed by atoms with Gasteiger partial charge in [0.2, 0.25) is 6.41 Å². The number of rotatable bonds is 13. The van der Waals surface area contributed by atoms with Crippen LogP contribution in [-0.4, -0.2) is 53.0 Å². The molecule has 30 heavy (non-hydrogen) atoms. The smallest absolute Gasteiger partial charge is 0.207 e. The van der Waals surface area contributed by atoms with Crippen LogP contribution < -0.4 is 21.7 Å². The molecule has 1 amide bonds. The molecular weight excluding hydrogens is 376 g/mol. The molecule has 0 aromatic carbocycles. The number of hydrogen-bond donors (Lipinski definition) is 4. The van der Waals surface area contributed by atoms with Crippen molar-refractivity contribution in [2.24, 2.45) is 11.7 Å². The first-order chi connectivity index (χ1) is 14.5. The third-order valence-corrected chi connectivity index (χ3v) is 2.46. The van der Waals surface area contributed by atoms with Gasteiger partial charge in [0.05, 0.1) is 0 Å². The maximum atomic E-state index is 9.75. The highest BCUT2D eigenvalue weighted by Gasteiger charge is 1.82. The highest BCUT2D eigenvalue weighted by atomic mass is 16.1. The average molecular weight is 433 g/mol. The van der Waals surface area contributed by atoms with Gasteiger partial charge in [-0.15, -0.1) is 19.7 Å². The predicted molar refractivity (Wildman–Crippen MR) is 138 cm³/mol. The van der Waals surface area contributed by atoms with E-state index in [1.54, 1.807) is 0 Å². The molecule has 0 radical (unpaired) electrons. The summed E-state index contributed by atoms with van der Waals surface area (Å²) in [5.74, 6) is 0.833. The van der Waals surface area contributed by atoms with Gasteiger partial charge in [0.15, 0.2) is 0 Å². The topological polar surface area (TPSA) is 96.2 Å². The van der Waals surface area contributed by atoms with Crippen molar-refractivity contribution in [1.82, 2.24) is 16.0 Å². The Kier molecular flexibility index (Phi) is 89.5. The molecule has 0 aliphatic carbocycles. The van der Waals surface area contributed by atoms with E-state index in [1.807, 2.05) is 34.0 Å². The lowest BCUT2D eigenvalue weighted by Gasteiger charge is -1.93. The van der Waals surface area contributed by atoms with E-state index >= 15 is 0 Å². The van der Waals surface area contributed by atoms with Crippen LogP contribution in [0.1, 0.15) is 73.1 Å². The Bertz CT molecular complexity index is 247. The molecule has 184 valence electrons. The van der Waals surface area contributed by atoms with Crippen molar-refractivity contribution in [2.45, 2.75) is 73.1 Å². The number of aldehydes is 1. The SMILES string of the molecule is C=C.C=CCCCCN.CC.CC(C)C.CNCCCCC=O.CNCCNC=O. The van der Waals surface area contributed by atoms with Gasteiger partial charge in [0.25, 0.3) is 0 Å². The molecule has 0 unspecified atom stereocenters. The van der Waals surface area contributed by atoms with E-state index in [2.05, 4.69) is 56.5 Å². The van der Waals surface area contributed by atoms with Crippen LogP contribution in [0.3, 0.4) is 0 Å². The summed E-state index contributed by atoms with van der Waals surface area (Å²) in [5, 5.41) is 8.40. The van der Waals surface area contributed by atoms with Gasteiger partial charge in [-0.25, -0.2) is 0 Å². The summed E-state index contributed by atoms with van der Waals surface area (Å²) in [6.07, 6.45) is 9.85. The van der Waals surface area contributed by atoms with Crippen LogP contribution >= 0.6 is 0 Å². The lowest BCUT2D eigenvalue weighted by atomic mass is 10.2. The minimum atomic E-state index is 0.692. The van der Waals surface area contributed by atoms with E-state index in [-0.39, 0.29) is 0 Å². The molecule has 6 heteroatoms. The third kappa shape index (κ3) is 130. The van der Waals surface area contributed by atoms with Crippen LogP contribution in [0.2, 0.25) is 0 Å². The molecule has 6 nitrogen and oxygen atoms in total. The standard InChI is InChI=1S/C6H13NO.C6H13N.C4H10N2O.C4H10.C2H6.C2H4/c1-7-5-3-2-4-6-8;1-2-3-4-5-6-7;1-5-2-3-6-4-7;1-4(2)3;2*1-2/h6-7H,2-5H2,1H3;2H,1,3-7H2;4-5H,2-3H2,1H3,(H,6,7);4H,1-3H3;1-2H3;1-2H2. The third-order valence-electron chi connectivity index (χ3n) is 2.46. The second-order valence-electron chi connectivity index (χ2n) is 6.25. The Hall–Kier alpha value is -1.50. The Morgan fingerprint density at radius 3 is 1.63 bits per heavy atom. The molecular formula is C24H56N4O2. The van der Waals surface area contributed by atoms with Crippen molar-refractivity contribution >= 4 is 12.7 Å². The Morgan fingerprint density at radius 2 is 1.30 bits per heavy atom. The zero-order chi connectivity index (χ0) is 24.9. The van der Waals surface area contributed by atoms with Gasteiger partial charge in [-0.3, -0.25) is 4.79 Å². The molecule has 0 bridgehead atoms. The lowest BCUT2D eigenvalue weighted by Crippen LogP contribution is -2.23. The molecule has 0 aliphatic heterocycles. The highest BCUT2D eigenvalue weighted by molar-refractivity contribution is 5.48. The van der Waals surface area contributed by atoms with Crippen LogP contribution in [0, 0.1) is 5.92 Å². The van der Waals surface area contributed by atoms with Crippen LogP contribution in [0.25, 0.3) is 0 Å². The van der Waals surface area contributed by atoms with Crippen molar-refractivity contribution < 1.29 is 9.59 Å². The van der Waals surface area contributed by atoms with Crippen molar-refractivity contribution in [2.75, 3.05) is 40.3 Å². The van der Waals surface area contributed by atoms with Crippen molar-refractivity contribution in [3.05, 3.63) is 25.8 Å². The fourth-order valence-electron chi connectivity index (χ4n) is 1.22. The fourth-order valence-corrected chi connectivity index (χ4v) is 1.22. The second-order valence-corrected chi connectivity index (χ2v) is 6.25. The first-order valence-corrected chi connectivity index (χ1v) is 11.2. The molecule has 0 rings (SSSR count).